The Kier molecular flexibility index (Phi) is 3.73. The molecule has 1 aromatic rings. The van der Waals surface area contributed by atoms with Gasteiger partial charge in [0.1, 0.15) is 0 Å². The number of benzene rings is 1. The minimum Gasteiger partial charge on any atom is -0.334 e. The molecule has 0 aliphatic heterocycles. The zero-order chi connectivity index (χ0) is 15.1. The third kappa shape index (κ3) is 2.38. The Hall–Kier alpha value is -1.26. The fourth-order valence-corrected chi connectivity index (χ4v) is 3.59. The average Bonchev–Trinajstić information content (AvgIpc) is 2.37. The molecule has 1 saturated carbocycles. The molecule has 110 valence electrons. The molecule has 0 bridgehead atoms. The van der Waals surface area contributed by atoms with E-state index in [2.05, 4.69) is 38.3 Å². The first-order chi connectivity index (χ1) is 9.17. The largest absolute Gasteiger partial charge is 0.334 e. The summed E-state index contributed by atoms with van der Waals surface area (Å²) < 4.78 is 0. The fourth-order valence-electron chi connectivity index (χ4n) is 3.40. The summed E-state index contributed by atoms with van der Waals surface area (Å²) in [6.45, 7) is 8.29. The zero-order valence-electron chi connectivity index (χ0n) is 12.3. The van der Waals surface area contributed by atoms with Gasteiger partial charge in [-0.2, -0.15) is 0 Å². The monoisotopic (exact) mass is 295 g/mol. The fraction of sp³-hybridized carbons (Fsp3) is 0.533. The second-order valence-corrected chi connectivity index (χ2v) is 7.04. The van der Waals surface area contributed by atoms with E-state index in [0.717, 1.165) is 0 Å². The molecule has 0 aromatic heterocycles. The van der Waals surface area contributed by atoms with E-state index in [1.54, 1.807) is 12.1 Å². The van der Waals surface area contributed by atoms with Gasteiger partial charge in [0.05, 0.1) is 10.7 Å². The van der Waals surface area contributed by atoms with Crippen LogP contribution in [0.5, 0.6) is 0 Å². The topological polar surface area (TPSA) is 67.1 Å². The van der Waals surface area contributed by atoms with Gasteiger partial charge in [-0.25, -0.2) is 4.79 Å². The third-order valence-corrected chi connectivity index (χ3v) is 4.82. The van der Waals surface area contributed by atoms with E-state index >= 15 is 0 Å². The summed E-state index contributed by atoms with van der Waals surface area (Å²) in [7, 11) is 0. The van der Waals surface area contributed by atoms with Crippen LogP contribution in [0.3, 0.4) is 0 Å². The number of carbonyl (C=O) groups is 1. The van der Waals surface area contributed by atoms with Crippen LogP contribution in [-0.4, -0.2) is 18.1 Å². The molecule has 0 atom stereocenters. The molecule has 20 heavy (non-hydrogen) atoms. The highest BCUT2D eigenvalue weighted by atomic mass is 35.5. The van der Waals surface area contributed by atoms with Crippen LogP contribution in [0.2, 0.25) is 5.02 Å². The number of hydrogen-bond donors (Lipinski definition) is 3. The van der Waals surface area contributed by atoms with Gasteiger partial charge in [-0.3, -0.25) is 0 Å². The first-order valence-electron chi connectivity index (χ1n) is 6.75. The number of nitrogens with two attached hydrogens (primary N) is 1. The first kappa shape index (κ1) is 15.1. The highest BCUT2D eigenvalue weighted by Crippen LogP contribution is 2.52. The van der Waals surface area contributed by atoms with E-state index in [-0.39, 0.29) is 28.9 Å². The van der Waals surface area contributed by atoms with Crippen molar-refractivity contribution in [3.8, 4) is 0 Å². The van der Waals surface area contributed by atoms with E-state index < -0.39 is 0 Å². The lowest BCUT2D eigenvalue weighted by Gasteiger charge is -2.62. The lowest BCUT2D eigenvalue weighted by Crippen LogP contribution is -2.76. The smallest absolute Gasteiger partial charge is 0.319 e. The maximum atomic E-state index is 12.1. The van der Waals surface area contributed by atoms with Crippen molar-refractivity contribution in [3.05, 3.63) is 29.3 Å². The van der Waals surface area contributed by atoms with E-state index in [1.807, 2.05) is 12.1 Å². The van der Waals surface area contributed by atoms with Crippen molar-refractivity contribution in [2.75, 3.05) is 5.32 Å². The maximum absolute atomic E-state index is 12.1. The van der Waals surface area contributed by atoms with Gasteiger partial charge in [0.15, 0.2) is 0 Å². The Bertz CT molecular complexity index is 512. The Morgan fingerprint density at radius 3 is 2.30 bits per heavy atom. The Morgan fingerprint density at radius 1 is 1.20 bits per heavy atom. The number of hydrogen-bond acceptors (Lipinski definition) is 2. The SMILES string of the molecule is CC1(C)C(N)C(C)(C)C1NC(=O)Nc1ccccc1Cl. The predicted molar refractivity (Wildman–Crippen MR) is 82.9 cm³/mol. The molecular formula is C15H22ClN3O. The molecule has 4 nitrogen and oxygen atoms in total. The van der Waals surface area contributed by atoms with Crippen molar-refractivity contribution >= 4 is 23.3 Å². The van der Waals surface area contributed by atoms with Gasteiger partial charge in [0.2, 0.25) is 0 Å². The second-order valence-electron chi connectivity index (χ2n) is 6.63. The molecule has 0 unspecified atom stereocenters. The molecule has 0 heterocycles. The van der Waals surface area contributed by atoms with E-state index in [0.29, 0.717) is 10.7 Å². The van der Waals surface area contributed by atoms with Crippen LogP contribution in [0.15, 0.2) is 24.3 Å². The summed E-state index contributed by atoms with van der Waals surface area (Å²) in [4.78, 5) is 12.1. The summed E-state index contributed by atoms with van der Waals surface area (Å²) in [5.74, 6) is 0. The van der Waals surface area contributed by atoms with Gasteiger partial charge in [-0.05, 0) is 12.1 Å². The van der Waals surface area contributed by atoms with E-state index in [1.165, 1.54) is 0 Å². The number of nitrogens with one attached hydrogen (secondary N) is 2. The number of carbonyl (C=O) groups excluding carboxylic acids is 1. The van der Waals surface area contributed by atoms with Crippen molar-refractivity contribution in [3.63, 3.8) is 0 Å². The molecule has 0 spiro atoms. The summed E-state index contributed by atoms with van der Waals surface area (Å²) in [5, 5.41) is 6.31. The molecule has 1 aliphatic carbocycles. The molecule has 1 aliphatic rings. The van der Waals surface area contributed by atoms with Crippen LogP contribution < -0.4 is 16.4 Å². The molecular weight excluding hydrogens is 274 g/mol. The number of halogens is 1. The molecule has 2 rings (SSSR count). The van der Waals surface area contributed by atoms with Gasteiger partial charge in [-0.15, -0.1) is 0 Å². The van der Waals surface area contributed by atoms with Crippen LogP contribution in [0.4, 0.5) is 10.5 Å². The quantitative estimate of drug-likeness (QED) is 0.784. The molecule has 0 radical (unpaired) electrons. The van der Waals surface area contributed by atoms with Gasteiger partial charge in [0.25, 0.3) is 0 Å². The lowest BCUT2D eigenvalue weighted by atomic mass is 9.48. The first-order valence-corrected chi connectivity index (χ1v) is 7.13. The number of rotatable bonds is 2. The van der Waals surface area contributed by atoms with Crippen LogP contribution in [0.1, 0.15) is 27.7 Å². The second kappa shape index (κ2) is 4.93. The van der Waals surface area contributed by atoms with Gasteiger partial charge in [-0.1, -0.05) is 51.4 Å². The number of amides is 2. The number of anilines is 1. The Balaban J connectivity index is 2.04. The van der Waals surface area contributed by atoms with Crippen molar-refractivity contribution in [1.29, 1.82) is 0 Å². The summed E-state index contributed by atoms with van der Waals surface area (Å²) in [6.07, 6.45) is 0. The average molecular weight is 296 g/mol. The van der Waals surface area contributed by atoms with Crippen LogP contribution >= 0.6 is 11.6 Å². The Morgan fingerprint density at radius 2 is 1.75 bits per heavy atom. The van der Waals surface area contributed by atoms with E-state index in [4.69, 9.17) is 17.3 Å². The normalized spacial score (nSPS) is 26.5. The standard InChI is InChI=1S/C15H22ClN3O/c1-14(2)11(17)15(3,4)12(14)19-13(20)18-10-8-6-5-7-9(10)16/h5-8,11-12H,17H2,1-4H3,(H2,18,19,20). The molecule has 1 fully saturated rings. The summed E-state index contributed by atoms with van der Waals surface area (Å²) in [6, 6.07) is 6.98. The summed E-state index contributed by atoms with van der Waals surface area (Å²) >= 11 is 6.03. The molecule has 5 heteroatoms. The van der Waals surface area contributed by atoms with Crippen LogP contribution in [0, 0.1) is 10.8 Å². The predicted octanol–water partition coefficient (Wildman–Crippen LogP) is 3.22. The van der Waals surface area contributed by atoms with Gasteiger partial charge >= 0.3 is 6.03 Å². The molecule has 2 amide bonds. The number of para-hydroxylation sites is 1. The van der Waals surface area contributed by atoms with Gasteiger partial charge < -0.3 is 16.4 Å². The van der Waals surface area contributed by atoms with Crippen molar-refractivity contribution in [1.82, 2.24) is 5.32 Å². The van der Waals surface area contributed by atoms with Crippen molar-refractivity contribution < 1.29 is 4.79 Å². The van der Waals surface area contributed by atoms with Crippen LogP contribution in [-0.2, 0) is 0 Å². The highest BCUT2D eigenvalue weighted by Gasteiger charge is 2.60. The lowest BCUT2D eigenvalue weighted by molar-refractivity contribution is -0.0638. The molecule has 0 saturated heterocycles. The van der Waals surface area contributed by atoms with Crippen LogP contribution in [0.25, 0.3) is 0 Å². The highest BCUT2D eigenvalue weighted by molar-refractivity contribution is 6.33. The van der Waals surface area contributed by atoms with Crippen molar-refractivity contribution in [2.24, 2.45) is 16.6 Å². The maximum Gasteiger partial charge on any atom is 0.319 e. The minimum absolute atomic E-state index is 0.0208. The molecule has 4 N–H and O–H groups in total. The third-order valence-electron chi connectivity index (χ3n) is 4.49. The van der Waals surface area contributed by atoms with Gasteiger partial charge in [0, 0.05) is 22.9 Å². The number of urea groups is 1. The minimum atomic E-state index is -0.254. The molecule has 1 aromatic carbocycles. The van der Waals surface area contributed by atoms with Crippen molar-refractivity contribution in [2.45, 2.75) is 39.8 Å². The zero-order valence-corrected chi connectivity index (χ0v) is 13.1. The Labute approximate surface area is 125 Å². The summed E-state index contributed by atoms with van der Waals surface area (Å²) in [5.41, 5.74) is 6.54. The van der Waals surface area contributed by atoms with E-state index in [9.17, 15) is 4.79 Å².